The number of alkyl halides is 2. The highest BCUT2D eigenvalue weighted by atomic mass is 19.3. The molecule has 0 saturated carbocycles. The van der Waals surface area contributed by atoms with Gasteiger partial charge in [-0.05, 0) is 44.2 Å². The van der Waals surface area contributed by atoms with Gasteiger partial charge in [-0.1, -0.05) is 0 Å². The molecule has 0 unspecified atom stereocenters. The number of rotatable bonds is 6. The predicted octanol–water partition coefficient (Wildman–Crippen LogP) is 4.22. The van der Waals surface area contributed by atoms with Crippen molar-refractivity contribution in [2.75, 3.05) is 11.9 Å². The summed E-state index contributed by atoms with van der Waals surface area (Å²) in [5.41, 5.74) is 1.55. The predicted molar refractivity (Wildman–Crippen MR) is 107 cm³/mol. The molecule has 0 fully saturated rings. The van der Waals surface area contributed by atoms with Gasteiger partial charge in [0.05, 0.1) is 0 Å². The lowest BCUT2D eigenvalue weighted by atomic mass is 10.1. The molecule has 30 heavy (non-hydrogen) atoms. The SMILES string of the molecule is CCN=Cc1cc2c(Nc3cc(C)[nH]n3)nc(C(F)(F)c3ccc(F)cc3)nn2c1. The zero-order valence-electron chi connectivity index (χ0n) is 16.2. The Morgan fingerprint density at radius 1 is 1.23 bits per heavy atom. The molecule has 1 aromatic carbocycles. The normalized spacial score (nSPS) is 12.2. The standard InChI is InChI=1S/C20H18F3N7/c1-3-24-10-13-9-16-18(25-17-8-12(2)27-28-17)26-19(29-30(16)11-13)20(22,23)14-4-6-15(21)7-5-14/h4-11H,3H2,1-2H3,(H2,25,26,27,28,29). The van der Waals surface area contributed by atoms with E-state index >= 15 is 8.78 Å². The summed E-state index contributed by atoms with van der Waals surface area (Å²) in [6, 6.07) is 7.44. The van der Waals surface area contributed by atoms with Crippen LogP contribution in [0.4, 0.5) is 24.8 Å². The second-order valence-electron chi connectivity index (χ2n) is 6.66. The first kappa shape index (κ1) is 19.6. The average Bonchev–Trinajstić information content (AvgIpc) is 3.32. The summed E-state index contributed by atoms with van der Waals surface area (Å²) >= 11 is 0. The van der Waals surface area contributed by atoms with E-state index in [1.807, 2.05) is 13.8 Å². The molecule has 0 saturated heterocycles. The molecule has 0 aliphatic carbocycles. The van der Waals surface area contributed by atoms with Gasteiger partial charge in [-0.25, -0.2) is 13.9 Å². The van der Waals surface area contributed by atoms with Gasteiger partial charge in [0, 0.05) is 41.8 Å². The van der Waals surface area contributed by atoms with Gasteiger partial charge in [0.2, 0.25) is 5.82 Å². The molecule has 0 aliphatic rings. The summed E-state index contributed by atoms with van der Waals surface area (Å²) < 4.78 is 44.8. The van der Waals surface area contributed by atoms with E-state index in [1.54, 1.807) is 24.5 Å². The van der Waals surface area contributed by atoms with Gasteiger partial charge in [-0.2, -0.15) is 13.9 Å². The third-order valence-electron chi connectivity index (χ3n) is 4.35. The van der Waals surface area contributed by atoms with Crippen molar-refractivity contribution in [2.24, 2.45) is 4.99 Å². The number of hydrogen-bond donors (Lipinski definition) is 2. The van der Waals surface area contributed by atoms with Crippen molar-refractivity contribution in [2.45, 2.75) is 19.8 Å². The number of aryl methyl sites for hydroxylation is 1. The van der Waals surface area contributed by atoms with Gasteiger partial charge in [-0.3, -0.25) is 10.1 Å². The van der Waals surface area contributed by atoms with E-state index in [-0.39, 0.29) is 5.82 Å². The molecular weight excluding hydrogens is 395 g/mol. The Morgan fingerprint density at radius 3 is 2.67 bits per heavy atom. The van der Waals surface area contributed by atoms with Crippen molar-refractivity contribution >= 4 is 23.4 Å². The van der Waals surface area contributed by atoms with Crippen LogP contribution >= 0.6 is 0 Å². The molecule has 0 atom stereocenters. The van der Waals surface area contributed by atoms with Gasteiger partial charge < -0.3 is 5.32 Å². The molecule has 0 bridgehead atoms. The third kappa shape index (κ3) is 3.76. The summed E-state index contributed by atoms with van der Waals surface area (Å²) in [7, 11) is 0. The summed E-state index contributed by atoms with van der Waals surface area (Å²) in [5, 5.41) is 13.8. The van der Waals surface area contributed by atoms with E-state index in [1.165, 1.54) is 4.52 Å². The van der Waals surface area contributed by atoms with Crippen molar-refractivity contribution in [3.05, 3.63) is 71.1 Å². The Balaban J connectivity index is 1.85. The first-order chi connectivity index (χ1) is 14.4. The van der Waals surface area contributed by atoms with Gasteiger partial charge in [-0.15, -0.1) is 5.10 Å². The molecule has 3 aromatic heterocycles. The molecule has 3 heterocycles. The van der Waals surface area contributed by atoms with Crippen LogP contribution in [0.1, 0.15) is 29.6 Å². The maximum Gasteiger partial charge on any atom is 0.333 e. The minimum atomic E-state index is -3.54. The third-order valence-corrected chi connectivity index (χ3v) is 4.35. The van der Waals surface area contributed by atoms with Crippen LogP contribution in [0.3, 0.4) is 0 Å². The highest BCUT2D eigenvalue weighted by Crippen LogP contribution is 2.35. The lowest BCUT2D eigenvalue weighted by molar-refractivity contribution is 0.0315. The number of aliphatic imine (C=N–C) groups is 1. The molecule has 0 radical (unpaired) electrons. The first-order valence-corrected chi connectivity index (χ1v) is 9.20. The fraction of sp³-hybridized carbons (Fsp3) is 0.200. The molecular formula is C20H18F3N7. The Morgan fingerprint density at radius 2 is 2.00 bits per heavy atom. The number of benzene rings is 1. The lowest BCUT2D eigenvalue weighted by Crippen LogP contribution is -2.21. The van der Waals surface area contributed by atoms with E-state index in [0.717, 1.165) is 30.0 Å². The number of aromatic amines is 1. The smallest absolute Gasteiger partial charge is 0.322 e. The number of fused-ring (bicyclic) bond motifs is 1. The largest absolute Gasteiger partial charge is 0.333 e. The second-order valence-corrected chi connectivity index (χ2v) is 6.66. The Kier molecular flexibility index (Phi) is 4.98. The van der Waals surface area contributed by atoms with Crippen LogP contribution in [0, 0.1) is 12.7 Å². The van der Waals surface area contributed by atoms with E-state index in [2.05, 4.69) is 30.6 Å². The van der Waals surface area contributed by atoms with Crippen LogP contribution in [0.25, 0.3) is 5.52 Å². The van der Waals surface area contributed by atoms with Crippen molar-refractivity contribution < 1.29 is 13.2 Å². The number of nitrogens with zero attached hydrogens (tertiary/aromatic N) is 5. The number of H-pyrrole nitrogens is 1. The molecule has 7 nitrogen and oxygen atoms in total. The van der Waals surface area contributed by atoms with E-state index < -0.39 is 23.1 Å². The summed E-state index contributed by atoms with van der Waals surface area (Å²) in [6.07, 6.45) is 3.22. The zero-order valence-corrected chi connectivity index (χ0v) is 16.2. The van der Waals surface area contributed by atoms with Crippen LogP contribution in [-0.4, -0.2) is 37.6 Å². The summed E-state index contributed by atoms with van der Waals surface area (Å²) in [5.74, 6) is -4.29. The fourth-order valence-corrected chi connectivity index (χ4v) is 2.90. The number of halogens is 3. The number of anilines is 2. The van der Waals surface area contributed by atoms with Crippen molar-refractivity contribution in [3.63, 3.8) is 0 Å². The molecule has 10 heteroatoms. The maximum atomic E-state index is 15.1. The minimum absolute atomic E-state index is 0.157. The number of nitrogens with one attached hydrogen (secondary N) is 2. The van der Waals surface area contributed by atoms with Crippen LogP contribution in [0.5, 0.6) is 0 Å². The quantitative estimate of drug-likeness (QED) is 0.464. The van der Waals surface area contributed by atoms with Gasteiger partial charge in [0.25, 0.3) is 0 Å². The van der Waals surface area contributed by atoms with Gasteiger partial charge in [0.15, 0.2) is 11.6 Å². The van der Waals surface area contributed by atoms with Crippen LogP contribution in [-0.2, 0) is 5.92 Å². The maximum absolute atomic E-state index is 15.1. The summed E-state index contributed by atoms with van der Waals surface area (Å²) in [6.45, 7) is 4.29. The molecule has 0 amide bonds. The molecule has 4 aromatic rings. The highest BCUT2D eigenvalue weighted by molar-refractivity contribution is 5.85. The average molecular weight is 413 g/mol. The Bertz CT molecular complexity index is 1210. The molecule has 154 valence electrons. The fourth-order valence-electron chi connectivity index (χ4n) is 2.90. The van der Waals surface area contributed by atoms with Crippen molar-refractivity contribution in [3.8, 4) is 0 Å². The van der Waals surface area contributed by atoms with Crippen molar-refractivity contribution in [1.29, 1.82) is 0 Å². The van der Waals surface area contributed by atoms with E-state index in [0.29, 0.717) is 23.4 Å². The molecule has 0 aliphatic heterocycles. The minimum Gasteiger partial charge on any atom is -0.322 e. The van der Waals surface area contributed by atoms with Crippen LogP contribution in [0.15, 0.2) is 47.6 Å². The molecule has 0 spiro atoms. The highest BCUT2D eigenvalue weighted by Gasteiger charge is 2.39. The lowest BCUT2D eigenvalue weighted by Gasteiger charge is -2.16. The zero-order chi connectivity index (χ0) is 21.3. The monoisotopic (exact) mass is 413 g/mol. The Hall–Kier alpha value is -3.69. The van der Waals surface area contributed by atoms with E-state index in [4.69, 9.17) is 0 Å². The Labute approximate surface area is 169 Å². The van der Waals surface area contributed by atoms with Crippen LogP contribution in [0.2, 0.25) is 0 Å². The molecule has 2 N–H and O–H groups in total. The molecule has 4 rings (SSSR count). The number of hydrogen-bond acceptors (Lipinski definition) is 5. The van der Waals surface area contributed by atoms with Gasteiger partial charge >= 0.3 is 5.92 Å². The van der Waals surface area contributed by atoms with Gasteiger partial charge in [0.1, 0.15) is 11.3 Å². The van der Waals surface area contributed by atoms with E-state index in [9.17, 15) is 4.39 Å². The summed E-state index contributed by atoms with van der Waals surface area (Å²) in [4.78, 5) is 8.26. The number of aromatic nitrogens is 5. The second kappa shape index (κ2) is 7.62. The topological polar surface area (TPSA) is 83.3 Å². The van der Waals surface area contributed by atoms with Crippen molar-refractivity contribution in [1.82, 2.24) is 24.8 Å². The first-order valence-electron chi connectivity index (χ1n) is 9.20. The van der Waals surface area contributed by atoms with Crippen LogP contribution < -0.4 is 5.32 Å².